The Bertz CT molecular complexity index is 595. The van der Waals surface area contributed by atoms with E-state index >= 15 is 0 Å². The average molecular weight is 498 g/mol. The highest BCUT2D eigenvalue weighted by Gasteiger charge is 2.19. The number of nitrogens with one attached hydrogen (secondary N) is 1. The molecule has 0 radical (unpaired) electrons. The fraction of sp³-hybridized carbons (Fsp3) is 0.611. The second kappa shape index (κ2) is 11.7. The summed E-state index contributed by atoms with van der Waals surface area (Å²) in [6, 6.07) is 3.82. The van der Waals surface area contributed by atoms with E-state index in [9.17, 15) is 0 Å². The van der Waals surface area contributed by atoms with Crippen LogP contribution in [0.4, 0.5) is 0 Å². The number of ether oxygens (including phenoxy) is 3. The zero-order valence-electron chi connectivity index (χ0n) is 15.9. The maximum absolute atomic E-state index is 6.33. The molecule has 6 nitrogen and oxygen atoms in total. The summed E-state index contributed by atoms with van der Waals surface area (Å²) in [5, 5.41) is 3.92. The molecule has 1 fully saturated rings. The van der Waals surface area contributed by atoms with E-state index in [1.165, 1.54) is 0 Å². The third-order valence-corrected chi connectivity index (χ3v) is 4.44. The van der Waals surface area contributed by atoms with Crippen LogP contribution in [0, 0.1) is 5.92 Å². The largest absolute Gasteiger partial charge is 0.493 e. The maximum Gasteiger partial charge on any atom is 0.193 e. The van der Waals surface area contributed by atoms with Crippen molar-refractivity contribution < 1.29 is 14.2 Å². The molecule has 0 saturated carbocycles. The smallest absolute Gasteiger partial charge is 0.193 e. The molecule has 1 heterocycles. The minimum atomic E-state index is 0. The van der Waals surface area contributed by atoms with Gasteiger partial charge in [-0.3, -0.25) is 4.99 Å². The van der Waals surface area contributed by atoms with Crippen LogP contribution in [0.15, 0.2) is 17.1 Å². The summed E-state index contributed by atoms with van der Waals surface area (Å²) in [6.45, 7) is 5.66. The van der Waals surface area contributed by atoms with E-state index in [2.05, 4.69) is 15.2 Å². The van der Waals surface area contributed by atoms with Gasteiger partial charge in [0, 0.05) is 39.7 Å². The normalized spacial score (nSPS) is 16.8. The highest BCUT2D eigenvalue weighted by Crippen LogP contribution is 2.36. The monoisotopic (exact) mass is 497 g/mol. The van der Waals surface area contributed by atoms with Crippen molar-refractivity contribution in [1.82, 2.24) is 10.2 Å². The van der Waals surface area contributed by atoms with Crippen LogP contribution in [0.3, 0.4) is 0 Å². The van der Waals surface area contributed by atoms with Crippen LogP contribution in [0.2, 0.25) is 5.02 Å². The van der Waals surface area contributed by atoms with Crippen molar-refractivity contribution in [3.05, 3.63) is 22.7 Å². The van der Waals surface area contributed by atoms with Crippen molar-refractivity contribution in [2.45, 2.75) is 19.9 Å². The van der Waals surface area contributed by atoms with Gasteiger partial charge in [-0.25, -0.2) is 0 Å². The van der Waals surface area contributed by atoms with Gasteiger partial charge in [-0.2, -0.15) is 0 Å². The second-order valence-corrected chi connectivity index (χ2v) is 6.46. The van der Waals surface area contributed by atoms with Crippen molar-refractivity contribution in [3.8, 4) is 11.5 Å². The summed E-state index contributed by atoms with van der Waals surface area (Å²) in [6.07, 6.45) is 1.10. The molecule has 1 N–H and O–H groups in total. The molecular formula is C18H29ClIN3O3. The first-order valence-electron chi connectivity index (χ1n) is 8.57. The van der Waals surface area contributed by atoms with Gasteiger partial charge in [0.05, 0.1) is 25.3 Å². The first-order chi connectivity index (χ1) is 12.1. The standard InChI is InChI=1S/C18H28ClN3O3.HI/c1-5-25-17-15(19)8-14(9-16(17)23-4)10-21-18(20-2)22(3)11-13-6-7-24-12-13;/h8-9,13H,5-7,10-12H2,1-4H3,(H,20,21);1H. The molecule has 0 aromatic heterocycles. The van der Waals surface area contributed by atoms with Crippen molar-refractivity contribution in [2.75, 3.05) is 47.6 Å². The van der Waals surface area contributed by atoms with E-state index in [1.54, 1.807) is 14.2 Å². The van der Waals surface area contributed by atoms with E-state index in [4.69, 9.17) is 25.8 Å². The number of rotatable bonds is 7. The molecule has 0 spiro atoms. The number of benzene rings is 1. The van der Waals surface area contributed by atoms with Crippen LogP contribution >= 0.6 is 35.6 Å². The topological polar surface area (TPSA) is 55.3 Å². The molecule has 0 aliphatic carbocycles. The molecule has 1 aromatic rings. The molecule has 1 aliphatic heterocycles. The van der Waals surface area contributed by atoms with Crippen molar-refractivity contribution in [3.63, 3.8) is 0 Å². The number of nitrogens with zero attached hydrogens (tertiary/aromatic N) is 2. The van der Waals surface area contributed by atoms with Crippen molar-refractivity contribution >= 4 is 41.5 Å². The van der Waals surface area contributed by atoms with E-state index < -0.39 is 0 Å². The summed E-state index contributed by atoms with van der Waals surface area (Å²) in [7, 11) is 5.44. The Labute approximate surface area is 178 Å². The molecule has 8 heteroatoms. The molecule has 1 aromatic carbocycles. The van der Waals surface area contributed by atoms with Gasteiger partial charge in [0.25, 0.3) is 0 Å². The fourth-order valence-corrected chi connectivity index (χ4v) is 3.21. The van der Waals surface area contributed by atoms with Crippen LogP contribution < -0.4 is 14.8 Å². The van der Waals surface area contributed by atoms with Crippen LogP contribution in [0.5, 0.6) is 11.5 Å². The van der Waals surface area contributed by atoms with Gasteiger partial charge < -0.3 is 24.4 Å². The van der Waals surface area contributed by atoms with Crippen LogP contribution in [0.25, 0.3) is 0 Å². The quantitative estimate of drug-likeness (QED) is 0.355. The van der Waals surface area contributed by atoms with Gasteiger partial charge in [-0.1, -0.05) is 11.6 Å². The van der Waals surface area contributed by atoms with Crippen LogP contribution in [-0.2, 0) is 11.3 Å². The minimum absolute atomic E-state index is 0. The van der Waals surface area contributed by atoms with Crippen LogP contribution in [-0.4, -0.2) is 58.4 Å². The third-order valence-electron chi connectivity index (χ3n) is 4.16. The number of halogens is 2. The molecule has 0 amide bonds. The molecule has 0 bridgehead atoms. The van der Waals surface area contributed by atoms with E-state index in [-0.39, 0.29) is 24.0 Å². The first-order valence-corrected chi connectivity index (χ1v) is 8.95. The highest BCUT2D eigenvalue weighted by molar-refractivity contribution is 14.0. The van der Waals surface area contributed by atoms with Gasteiger partial charge in [-0.05, 0) is 31.0 Å². The summed E-state index contributed by atoms with van der Waals surface area (Å²) in [4.78, 5) is 6.49. The zero-order valence-corrected chi connectivity index (χ0v) is 19.0. The van der Waals surface area contributed by atoms with Gasteiger partial charge in [-0.15, -0.1) is 24.0 Å². The Kier molecular flexibility index (Phi) is 10.4. The molecule has 26 heavy (non-hydrogen) atoms. The number of aliphatic imine (C=N–C) groups is 1. The summed E-state index contributed by atoms with van der Waals surface area (Å²) < 4.78 is 16.4. The lowest BCUT2D eigenvalue weighted by atomic mass is 10.1. The van der Waals surface area contributed by atoms with E-state index in [1.807, 2.05) is 26.1 Å². The fourth-order valence-electron chi connectivity index (χ4n) is 2.93. The number of hydrogen-bond acceptors (Lipinski definition) is 4. The SMILES string of the molecule is CCOc1c(Cl)cc(CNC(=NC)N(C)CC2CCOC2)cc1OC.I. The summed E-state index contributed by atoms with van der Waals surface area (Å²) >= 11 is 6.33. The van der Waals surface area contributed by atoms with Crippen molar-refractivity contribution in [2.24, 2.45) is 10.9 Å². The van der Waals surface area contributed by atoms with Gasteiger partial charge >= 0.3 is 0 Å². The van der Waals surface area contributed by atoms with Gasteiger partial charge in [0.1, 0.15) is 0 Å². The number of guanidine groups is 1. The van der Waals surface area contributed by atoms with Crippen molar-refractivity contribution in [1.29, 1.82) is 0 Å². The van der Waals surface area contributed by atoms with Crippen LogP contribution in [0.1, 0.15) is 18.9 Å². The Morgan fingerprint density at radius 1 is 1.46 bits per heavy atom. The number of methoxy groups -OCH3 is 1. The Balaban J connectivity index is 0.00000338. The first kappa shape index (κ1) is 23.1. The highest BCUT2D eigenvalue weighted by atomic mass is 127. The lowest BCUT2D eigenvalue weighted by Crippen LogP contribution is -2.41. The number of hydrogen-bond donors (Lipinski definition) is 1. The van der Waals surface area contributed by atoms with E-state index in [0.717, 1.165) is 37.7 Å². The molecule has 1 unspecified atom stereocenters. The minimum Gasteiger partial charge on any atom is -0.493 e. The summed E-state index contributed by atoms with van der Waals surface area (Å²) in [5.74, 6) is 2.62. The molecule has 2 rings (SSSR count). The predicted octanol–water partition coefficient (Wildman–Crippen LogP) is 3.41. The Morgan fingerprint density at radius 3 is 2.81 bits per heavy atom. The molecule has 1 saturated heterocycles. The Morgan fingerprint density at radius 2 is 2.23 bits per heavy atom. The second-order valence-electron chi connectivity index (χ2n) is 6.05. The zero-order chi connectivity index (χ0) is 18.2. The molecule has 148 valence electrons. The summed E-state index contributed by atoms with van der Waals surface area (Å²) in [5.41, 5.74) is 1.00. The van der Waals surface area contributed by atoms with Gasteiger partial charge in [0.2, 0.25) is 0 Å². The third kappa shape index (κ3) is 6.35. The Hall–Kier alpha value is -0.930. The lowest BCUT2D eigenvalue weighted by Gasteiger charge is -2.24. The molecular weight excluding hydrogens is 469 g/mol. The average Bonchev–Trinajstić information content (AvgIpc) is 3.10. The predicted molar refractivity (Wildman–Crippen MR) is 116 cm³/mol. The molecule has 1 atom stereocenters. The maximum atomic E-state index is 6.33. The lowest BCUT2D eigenvalue weighted by molar-refractivity contribution is 0.181. The van der Waals surface area contributed by atoms with E-state index in [0.29, 0.717) is 35.6 Å². The molecule has 1 aliphatic rings. The van der Waals surface area contributed by atoms with Gasteiger partial charge in [0.15, 0.2) is 17.5 Å².